The van der Waals surface area contributed by atoms with Crippen molar-refractivity contribution >= 4 is 21.7 Å². The molecule has 1 aromatic heterocycles. The number of aliphatic hydroxyl groups is 1. The van der Waals surface area contributed by atoms with Crippen molar-refractivity contribution in [1.29, 1.82) is 0 Å². The van der Waals surface area contributed by atoms with Crippen LogP contribution < -0.4 is 20.1 Å². The molecule has 4 aromatic rings. The van der Waals surface area contributed by atoms with Gasteiger partial charge >= 0.3 is 6.03 Å². The van der Waals surface area contributed by atoms with Gasteiger partial charge in [-0.15, -0.1) is 0 Å². The van der Waals surface area contributed by atoms with Crippen LogP contribution in [0.5, 0.6) is 5.75 Å². The number of pyridine rings is 1. The molecule has 0 saturated carbocycles. The summed E-state index contributed by atoms with van der Waals surface area (Å²) in [5.74, 6) is 0.347. The third kappa shape index (κ3) is 7.11. The van der Waals surface area contributed by atoms with Crippen LogP contribution in [-0.2, 0) is 16.4 Å². The number of urea groups is 1. The summed E-state index contributed by atoms with van der Waals surface area (Å²) >= 11 is 0. The van der Waals surface area contributed by atoms with Crippen LogP contribution in [0.15, 0.2) is 90.1 Å². The number of fused-ring (bicyclic) bond motifs is 1. The molecule has 5 rings (SSSR count). The van der Waals surface area contributed by atoms with Crippen molar-refractivity contribution < 1.29 is 27.4 Å². The maximum atomic E-state index is 13.3. The number of amides is 2. The topological polar surface area (TPSA) is 130 Å². The molecule has 2 unspecified atom stereocenters. The number of sulfonamides is 1. The zero-order valence-electron chi connectivity index (χ0n) is 22.9. The molecule has 0 aliphatic carbocycles. The number of ether oxygens (including phenoxy) is 1. The molecule has 3 aromatic carbocycles. The van der Waals surface area contributed by atoms with Crippen molar-refractivity contribution in [3.63, 3.8) is 0 Å². The summed E-state index contributed by atoms with van der Waals surface area (Å²) in [6, 6.07) is 18.6. The van der Waals surface area contributed by atoms with Gasteiger partial charge in [-0.3, -0.25) is 4.98 Å². The number of hydrogen-bond acceptors (Lipinski definition) is 7. The number of halogens is 1. The summed E-state index contributed by atoms with van der Waals surface area (Å²) in [5.41, 5.74) is 4.32. The molecule has 2 heterocycles. The Morgan fingerprint density at radius 3 is 2.62 bits per heavy atom. The Kier molecular flexibility index (Phi) is 8.81. The molecule has 0 radical (unpaired) electrons. The number of benzene rings is 3. The number of aliphatic hydroxyl groups excluding tert-OH is 1. The van der Waals surface area contributed by atoms with Crippen molar-refractivity contribution in [2.45, 2.75) is 36.9 Å². The van der Waals surface area contributed by atoms with E-state index in [2.05, 4.69) is 15.6 Å². The van der Waals surface area contributed by atoms with E-state index in [0.717, 1.165) is 40.8 Å². The summed E-state index contributed by atoms with van der Waals surface area (Å²) in [6.07, 6.45) is 4.29. The summed E-state index contributed by atoms with van der Waals surface area (Å²) in [5, 5.41) is 16.0. The van der Waals surface area contributed by atoms with Crippen LogP contribution in [0.4, 0.5) is 14.9 Å². The molecule has 0 saturated heterocycles. The SMILES string of the molecule is Cc1cc(F)ccc1NC(=O)NS(=O)(=O)c1ccc(-c2ccc3c(c2)CCC(CNCC(O)c2cccnc2)O3)cc1. The van der Waals surface area contributed by atoms with Gasteiger partial charge in [-0.1, -0.05) is 24.3 Å². The summed E-state index contributed by atoms with van der Waals surface area (Å²) < 4.78 is 47.0. The quantitative estimate of drug-likeness (QED) is 0.222. The number of rotatable bonds is 9. The molecule has 1 aliphatic heterocycles. The first-order chi connectivity index (χ1) is 20.2. The van der Waals surface area contributed by atoms with Crippen LogP contribution in [0.3, 0.4) is 0 Å². The first-order valence-electron chi connectivity index (χ1n) is 13.5. The Hall–Kier alpha value is -4.32. The fourth-order valence-corrected chi connectivity index (χ4v) is 5.67. The van der Waals surface area contributed by atoms with Crippen molar-refractivity contribution in [3.8, 4) is 16.9 Å². The number of nitrogens with zero attached hydrogens (tertiary/aromatic N) is 1. The number of anilines is 1. The number of nitrogens with one attached hydrogen (secondary N) is 3. The second-order valence-corrected chi connectivity index (χ2v) is 11.8. The van der Waals surface area contributed by atoms with Crippen LogP contribution in [0.2, 0.25) is 0 Å². The molecule has 9 nitrogen and oxygen atoms in total. The average molecular weight is 591 g/mol. The highest BCUT2D eigenvalue weighted by Crippen LogP contribution is 2.32. The van der Waals surface area contributed by atoms with E-state index in [1.54, 1.807) is 37.5 Å². The van der Waals surface area contributed by atoms with Crippen LogP contribution in [0.25, 0.3) is 11.1 Å². The molecule has 11 heteroatoms. The van der Waals surface area contributed by atoms with Gasteiger partial charge in [-0.2, -0.15) is 0 Å². The number of aryl methyl sites for hydroxylation is 2. The minimum absolute atomic E-state index is 0.0226. The number of aromatic nitrogens is 1. The molecule has 0 spiro atoms. The lowest BCUT2D eigenvalue weighted by Crippen LogP contribution is -2.36. The number of carbonyl (C=O) groups excluding carboxylic acids is 1. The van der Waals surface area contributed by atoms with E-state index in [1.165, 1.54) is 30.3 Å². The molecule has 0 fully saturated rings. The van der Waals surface area contributed by atoms with E-state index in [-0.39, 0.29) is 11.0 Å². The van der Waals surface area contributed by atoms with E-state index in [0.29, 0.717) is 24.3 Å². The molecule has 4 N–H and O–H groups in total. The van der Waals surface area contributed by atoms with E-state index in [4.69, 9.17) is 4.74 Å². The van der Waals surface area contributed by atoms with E-state index in [9.17, 15) is 22.7 Å². The molecule has 42 heavy (non-hydrogen) atoms. The first-order valence-corrected chi connectivity index (χ1v) is 14.9. The molecular weight excluding hydrogens is 559 g/mol. The van der Waals surface area contributed by atoms with Crippen LogP contribution in [0, 0.1) is 12.7 Å². The van der Waals surface area contributed by atoms with Gasteiger partial charge < -0.3 is 20.5 Å². The van der Waals surface area contributed by atoms with Crippen molar-refractivity contribution in [2.24, 2.45) is 0 Å². The smallest absolute Gasteiger partial charge is 0.333 e. The number of hydrogen-bond donors (Lipinski definition) is 4. The van der Waals surface area contributed by atoms with E-state index >= 15 is 0 Å². The van der Waals surface area contributed by atoms with Gasteiger partial charge in [0.25, 0.3) is 10.0 Å². The first kappa shape index (κ1) is 29.2. The Labute approximate surface area is 243 Å². The lowest BCUT2D eigenvalue weighted by atomic mass is 9.97. The van der Waals surface area contributed by atoms with Gasteiger partial charge in [0.1, 0.15) is 17.7 Å². The van der Waals surface area contributed by atoms with Gasteiger partial charge in [0.05, 0.1) is 11.0 Å². The third-order valence-corrected chi connectivity index (χ3v) is 8.38. The van der Waals surface area contributed by atoms with Gasteiger partial charge in [-0.05, 0) is 90.6 Å². The maximum absolute atomic E-state index is 13.3. The molecule has 2 amide bonds. The minimum Gasteiger partial charge on any atom is -0.489 e. The van der Waals surface area contributed by atoms with Crippen molar-refractivity contribution in [3.05, 3.63) is 108 Å². The van der Waals surface area contributed by atoms with Gasteiger partial charge in [0.15, 0.2) is 0 Å². The third-order valence-electron chi connectivity index (χ3n) is 7.03. The second-order valence-electron chi connectivity index (χ2n) is 10.1. The number of carbonyl (C=O) groups is 1. The normalized spacial score (nSPS) is 15.3. The van der Waals surface area contributed by atoms with Crippen molar-refractivity contribution in [1.82, 2.24) is 15.0 Å². The molecular formula is C31H31FN4O5S. The molecule has 2 atom stereocenters. The predicted octanol–water partition coefficient (Wildman–Crippen LogP) is 4.72. The van der Waals surface area contributed by atoms with Gasteiger partial charge in [-0.25, -0.2) is 22.3 Å². The van der Waals surface area contributed by atoms with Crippen LogP contribution in [-0.4, -0.2) is 43.7 Å². The fourth-order valence-electron chi connectivity index (χ4n) is 4.76. The highest BCUT2D eigenvalue weighted by molar-refractivity contribution is 7.90. The summed E-state index contributed by atoms with van der Waals surface area (Å²) in [4.78, 5) is 16.3. The summed E-state index contributed by atoms with van der Waals surface area (Å²) in [6.45, 7) is 2.61. The molecule has 0 bridgehead atoms. The zero-order valence-corrected chi connectivity index (χ0v) is 23.7. The van der Waals surface area contributed by atoms with Gasteiger partial charge in [0.2, 0.25) is 0 Å². The van der Waals surface area contributed by atoms with Crippen LogP contribution >= 0.6 is 0 Å². The lowest BCUT2D eigenvalue weighted by Gasteiger charge is -2.27. The fraction of sp³-hybridized carbons (Fsp3) is 0.226. The standard InChI is InChI=1S/C31H31FN4O5S/c1-20-15-25(32)8-12-28(20)35-31(38)36-42(39,40)27-10-5-21(6-11-27)22-7-13-30-23(16-22)4-9-26(41-30)18-34-19-29(37)24-3-2-14-33-17-24/h2-3,5-8,10-17,26,29,34,37H,4,9,18-19H2,1H3,(H2,35,36,38). The molecule has 218 valence electrons. The summed E-state index contributed by atoms with van der Waals surface area (Å²) in [7, 11) is -4.13. The monoisotopic (exact) mass is 590 g/mol. The second kappa shape index (κ2) is 12.7. The highest BCUT2D eigenvalue weighted by Gasteiger charge is 2.22. The highest BCUT2D eigenvalue weighted by atomic mass is 32.2. The zero-order chi connectivity index (χ0) is 29.7. The Bertz CT molecular complexity index is 1670. The lowest BCUT2D eigenvalue weighted by molar-refractivity contribution is 0.146. The Morgan fingerprint density at radius 1 is 1.10 bits per heavy atom. The Balaban J connectivity index is 1.16. The van der Waals surface area contributed by atoms with Crippen LogP contribution in [0.1, 0.15) is 29.2 Å². The minimum atomic E-state index is -4.13. The predicted molar refractivity (Wildman–Crippen MR) is 157 cm³/mol. The maximum Gasteiger partial charge on any atom is 0.333 e. The molecule has 1 aliphatic rings. The van der Waals surface area contributed by atoms with E-state index in [1.807, 2.05) is 29.0 Å². The van der Waals surface area contributed by atoms with Gasteiger partial charge in [0, 0.05) is 36.7 Å². The average Bonchev–Trinajstić information content (AvgIpc) is 2.98. The van der Waals surface area contributed by atoms with E-state index < -0.39 is 28.0 Å². The largest absolute Gasteiger partial charge is 0.489 e. The van der Waals surface area contributed by atoms with Crippen molar-refractivity contribution in [2.75, 3.05) is 18.4 Å². The Morgan fingerprint density at radius 2 is 1.88 bits per heavy atom.